The molecule has 0 fully saturated rings. The topological polar surface area (TPSA) is 51.2 Å². The van der Waals surface area contributed by atoms with Crippen LogP contribution in [0.1, 0.15) is 34.1 Å². The van der Waals surface area contributed by atoms with E-state index < -0.39 is 17.5 Å². The summed E-state index contributed by atoms with van der Waals surface area (Å²) in [7, 11) is 0. The van der Waals surface area contributed by atoms with E-state index >= 15 is 0 Å². The first-order chi connectivity index (χ1) is 8.31. The second-order valence-corrected chi connectivity index (χ2v) is 5.01. The van der Waals surface area contributed by atoms with Crippen molar-refractivity contribution < 1.29 is 13.9 Å². The van der Waals surface area contributed by atoms with E-state index in [2.05, 4.69) is 10.3 Å². The van der Waals surface area contributed by atoms with Crippen LogP contribution in [0.4, 0.5) is 10.1 Å². The van der Waals surface area contributed by atoms with Gasteiger partial charge in [0.25, 0.3) is 5.91 Å². The number of carbonyl (C=O) groups is 1. The first-order valence-corrected chi connectivity index (χ1v) is 5.91. The molecule has 1 heterocycles. The summed E-state index contributed by atoms with van der Waals surface area (Å²) in [6, 6.07) is 1.22. The number of nitrogens with zero attached hydrogens (tertiary/aromatic N) is 1. The lowest BCUT2D eigenvalue weighted by atomic mass is 10.1. The van der Waals surface area contributed by atoms with Crippen LogP contribution >= 0.6 is 0 Å². The minimum atomic E-state index is -0.562. The lowest BCUT2D eigenvalue weighted by Crippen LogP contribution is -2.36. The molecule has 0 bridgehead atoms. The van der Waals surface area contributed by atoms with Gasteiger partial charge in [-0.2, -0.15) is 0 Å². The maximum absolute atomic E-state index is 12.9. The molecule has 18 heavy (non-hydrogen) atoms. The predicted molar refractivity (Wildman–Crippen MR) is 67.7 cm³/mol. The molecule has 1 aromatic heterocycles. The molecule has 0 aliphatic rings. The third-order valence-electron chi connectivity index (χ3n) is 2.13. The van der Waals surface area contributed by atoms with Gasteiger partial charge in [0.1, 0.15) is 11.9 Å². The van der Waals surface area contributed by atoms with Crippen LogP contribution in [0.15, 0.2) is 18.5 Å². The molecule has 4 nitrogen and oxygen atoms in total. The van der Waals surface area contributed by atoms with Gasteiger partial charge in [0.2, 0.25) is 0 Å². The van der Waals surface area contributed by atoms with Crippen LogP contribution in [-0.2, 0) is 9.53 Å². The van der Waals surface area contributed by atoms with E-state index in [0.717, 1.165) is 6.20 Å². The molecule has 0 radical (unpaired) electrons. The Bertz CT molecular complexity index is 416. The Kier molecular flexibility index (Phi) is 4.78. The van der Waals surface area contributed by atoms with E-state index in [1.165, 1.54) is 12.3 Å². The number of aromatic nitrogens is 1. The molecule has 100 valence electrons. The fourth-order valence-corrected chi connectivity index (χ4v) is 1.45. The van der Waals surface area contributed by atoms with Gasteiger partial charge in [-0.25, -0.2) is 4.39 Å². The molecule has 0 aliphatic carbocycles. The molecule has 1 atom stereocenters. The summed E-state index contributed by atoms with van der Waals surface area (Å²) in [4.78, 5) is 15.6. The zero-order chi connectivity index (χ0) is 13.8. The first kappa shape index (κ1) is 14.6. The Morgan fingerprint density at radius 1 is 1.50 bits per heavy atom. The number of halogens is 1. The summed E-state index contributed by atoms with van der Waals surface area (Å²) in [5.74, 6) is -0.780. The third-order valence-corrected chi connectivity index (χ3v) is 2.13. The van der Waals surface area contributed by atoms with Gasteiger partial charge >= 0.3 is 0 Å². The Labute approximate surface area is 107 Å². The summed E-state index contributed by atoms with van der Waals surface area (Å²) in [5.41, 5.74) is -0.0750. The molecular weight excluding hydrogens is 235 g/mol. The molecule has 0 spiro atoms. The van der Waals surface area contributed by atoms with Gasteiger partial charge in [0.05, 0.1) is 23.7 Å². The van der Waals surface area contributed by atoms with E-state index in [1.807, 2.05) is 27.7 Å². The van der Waals surface area contributed by atoms with Crippen LogP contribution in [0.3, 0.4) is 0 Å². The normalized spacial score (nSPS) is 13.2. The van der Waals surface area contributed by atoms with Gasteiger partial charge in [-0.1, -0.05) is 6.92 Å². The number of amides is 1. The van der Waals surface area contributed by atoms with Crippen molar-refractivity contribution in [3.8, 4) is 0 Å². The van der Waals surface area contributed by atoms with Crippen molar-refractivity contribution in [3.05, 3.63) is 24.3 Å². The molecule has 1 N–H and O–H groups in total. The van der Waals surface area contributed by atoms with Gasteiger partial charge < -0.3 is 10.1 Å². The predicted octanol–water partition coefficient (Wildman–Crippen LogP) is 2.75. The van der Waals surface area contributed by atoms with Crippen molar-refractivity contribution in [1.82, 2.24) is 4.98 Å². The van der Waals surface area contributed by atoms with Crippen LogP contribution in [0.25, 0.3) is 0 Å². The molecule has 0 aliphatic heterocycles. The summed E-state index contributed by atoms with van der Waals surface area (Å²) < 4.78 is 18.6. The zero-order valence-corrected chi connectivity index (χ0v) is 11.2. The second-order valence-electron chi connectivity index (χ2n) is 5.01. The summed E-state index contributed by atoms with van der Waals surface area (Å²) in [5, 5.41) is 2.59. The number of anilines is 1. The Balaban J connectivity index is 2.68. The van der Waals surface area contributed by atoms with Gasteiger partial charge in [-0.15, -0.1) is 0 Å². The minimum Gasteiger partial charge on any atom is -0.363 e. The molecule has 1 rings (SSSR count). The van der Waals surface area contributed by atoms with Crippen molar-refractivity contribution >= 4 is 11.6 Å². The van der Waals surface area contributed by atoms with Crippen molar-refractivity contribution in [3.63, 3.8) is 0 Å². The highest BCUT2D eigenvalue weighted by molar-refractivity contribution is 5.94. The molecule has 5 heteroatoms. The fourth-order valence-electron chi connectivity index (χ4n) is 1.45. The molecule has 1 unspecified atom stereocenters. The fraction of sp³-hybridized carbons (Fsp3) is 0.538. The van der Waals surface area contributed by atoms with E-state index in [1.54, 1.807) is 0 Å². The Hall–Kier alpha value is -1.49. The van der Waals surface area contributed by atoms with Crippen LogP contribution in [0.2, 0.25) is 0 Å². The van der Waals surface area contributed by atoms with Gasteiger partial charge in [0, 0.05) is 6.07 Å². The standard InChI is InChI=1S/C13H19FN2O2/c1-5-11(18-13(2,3)4)12(17)16-10-6-9(14)7-15-8-10/h6-8,11H,5H2,1-4H3,(H,16,17). The number of hydrogen-bond acceptors (Lipinski definition) is 3. The van der Waals surface area contributed by atoms with E-state index in [-0.39, 0.29) is 5.91 Å². The van der Waals surface area contributed by atoms with E-state index in [9.17, 15) is 9.18 Å². The highest BCUT2D eigenvalue weighted by atomic mass is 19.1. The van der Waals surface area contributed by atoms with Gasteiger partial charge in [0.15, 0.2) is 0 Å². The van der Waals surface area contributed by atoms with E-state index in [0.29, 0.717) is 12.1 Å². The van der Waals surface area contributed by atoms with Crippen molar-refractivity contribution in [2.75, 3.05) is 5.32 Å². The Morgan fingerprint density at radius 3 is 2.67 bits per heavy atom. The largest absolute Gasteiger partial charge is 0.363 e. The molecule has 0 saturated heterocycles. The number of pyridine rings is 1. The second kappa shape index (κ2) is 5.91. The number of ether oxygens (including phenoxy) is 1. The monoisotopic (exact) mass is 254 g/mol. The zero-order valence-electron chi connectivity index (χ0n) is 11.2. The quantitative estimate of drug-likeness (QED) is 0.898. The van der Waals surface area contributed by atoms with Crippen LogP contribution in [0.5, 0.6) is 0 Å². The number of rotatable bonds is 4. The maximum atomic E-state index is 12.9. The average molecular weight is 254 g/mol. The summed E-state index contributed by atoms with van der Waals surface area (Å²) in [6.07, 6.45) is 2.46. The Morgan fingerprint density at radius 2 is 2.17 bits per heavy atom. The van der Waals surface area contributed by atoms with Gasteiger partial charge in [-0.3, -0.25) is 9.78 Å². The van der Waals surface area contributed by atoms with Crippen LogP contribution in [0, 0.1) is 5.82 Å². The highest BCUT2D eigenvalue weighted by Gasteiger charge is 2.23. The first-order valence-electron chi connectivity index (χ1n) is 5.91. The summed E-state index contributed by atoms with van der Waals surface area (Å²) in [6.45, 7) is 7.51. The number of nitrogens with one attached hydrogen (secondary N) is 1. The maximum Gasteiger partial charge on any atom is 0.253 e. The lowest BCUT2D eigenvalue weighted by Gasteiger charge is -2.26. The molecular formula is C13H19FN2O2. The van der Waals surface area contributed by atoms with Crippen molar-refractivity contribution in [2.24, 2.45) is 0 Å². The highest BCUT2D eigenvalue weighted by Crippen LogP contribution is 2.15. The molecule has 0 aromatic carbocycles. The SMILES string of the molecule is CCC(OC(C)(C)C)C(=O)Nc1cncc(F)c1. The smallest absolute Gasteiger partial charge is 0.253 e. The summed E-state index contributed by atoms with van der Waals surface area (Å²) >= 11 is 0. The van der Waals surface area contributed by atoms with Crippen molar-refractivity contribution in [1.29, 1.82) is 0 Å². The lowest BCUT2D eigenvalue weighted by molar-refractivity contribution is -0.137. The van der Waals surface area contributed by atoms with Crippen LogP contribution < -0.4 is 5.32 Å². The number of hydrogen-bond donors (Lipinski definition) is 1. The van der Waals surface area contributed by atoms with Crippen LogP contribution in [-0.4, -0.2) is 22.6 Å². The van der Waals surface area contributed by atoms with Gasteiger partial charge in [-0.05, 0) is 27.2 Å². The molecule has 0 saturated carbocycles. The molecule has 1 aromatic rings. The molecule has 1 amide bonds. The number of carbonyl (C=O) groups excluding carboxylic acids is 1. The minimum absolute atomic E-state index is 0.292. The third kappa shape index (κ3) is 4.79. The van der Waals surface area contributed by atoms with E-state index in [4.69, 9.17) is 4.74 Å². The average Bonchev–Trinajstić information content (AvgIpc) is 2.24. The van der Waals surface area contributed by atoms with Crippen molar-refractivity contribution in [2.45, 2.75) is 45.8 Å².